The van der Waals surface area contributed by atoms with Crippen LogP contribution in [-0.4, -0.2) is 51.3 Å². The summed E-state index contributed by atoms with van der Waals surface area (Å²) in [6.45, 7) is 7.96. The van der Waals surface area contributed by atoms with Crippen LogP contribution in [0.1, 0.15) is 32.0 Å². The third-order valence-electron chi connectivity index (χ3n) is 4.22. The maximum Gasteiger partial charge on any atom is 0.344 e. The van der Waals surface area contributed by atoms with Crippen LogP contribution in [0.15, 0.2) is 33.5 Å². The number of nitrogens with zero attached hydrogens (tertiary/aromatic N) is 3. The molecule has 0 radical (unpaired) electrons. The summed E-state index contributed by atoms with van der Waals surface area (Å²) in [6, 6.07) is 5.12. The second kappa shape index (κ2) is 9.97. The smallest absolute Gasteiger partial charge is 0.344 e. The van der Waals surface area contributed by atoms with Gasteiger partial charge in [-0.25, -0.2) is 9.78 Å². The fraction of sp³-hybridized carbons (Fsp3) is 0.333. The molecule has 1 aromatic carbocycles. The number of benzene rings is 1. The van der Waals surface area contributed by atoms with Crippen molar-refractivity contribution in [3.05, 3.63) is 39.7 Å². The number of carbonyl (C=O) groups is 2. The van der Waals surface area contributed by atoms with Crippen molar-refractivity contribution in [2.24, 2.45) is 4.99 Å². The van der Waals surface area contributed by atoms with E-state index in [1.54, 1.807) is 29.2 Å². The van der Waals surface area contributed by atoms with Crippen molar-refractivity contribution in [3.63, 3.8) is 0 Å². The Hall–Kier alpha value is -2.85. The topological polar surface area (TPSA) is 101 Å². The van der Waals surface area contributed by atoms with E-state index in [1.165, 1.54) is 30.0 Å². The quantitative estimate of drug-likeness (QED) is 0.584. The second-order valence-electron chi connectivity index (χ2n) is 6.56. The number of carbonyl (C=O) groups excluding carboxylic acids is 1. The minimum atomic E-state index is -1.07. The van der Waals surface area contributed by atoms with Crippen LogP contribution >= 0.6 is 23.1 Å². The van der Waals surface area contributed by atoms with E-state index in [9.17, 15) is 9.59 Å². The Kier molecular flexibility index (Phi) is 7.34. The number of amidine groups is 1. The minimum absolute atomic E-state index is 0.127. The summed E-state index contributed by atoms with van der Waals surface area (Å²) in [5.74, 6) is -0.443. The summed E-state index contributed by atoms with van der Waals surface area (Å²) in [5, 5.41) is 12.2. The highest BCUT2D eigenvalue weighted by atomic mass is 32.2. The van der Waals surface area contributed by atoms with Gasteiger partial charge in [0.15, 0.2) is 22.8 Å². The Balaban J connectivity index is 1.89. The number of carboxylic acid groups (broad SMARTS) is 1. The first-order valence-electron chi connectivity index (χ1n) is 9.70. The van der Waals surface area contributed by atoms with Crippen LogP contribution in [-0.2, 0) is 9.59 Å². The molecule has 164 valence electrons. The Bertz CT molecular complexity index is 1050. The molecule has 2 heterocycles. The zero-order valence-corrected chi connectivity index (χ0v) is 19.2. The number of thiazole rings is 1. The summed E-state index contributed by atoms with van der Waals surface area (Å²) in [6.07, 6.45) is 0.750. The molecule has 0 bridgehead atoms. The number of likely N-dealkylation sites (N-methyl/N-ethyl adjacent to an activating group) is 1. The van der Waals surface area contributed by atoms with Gasteiger partial charge < -0.3 is 14.6 Å². The predicted octanol–water partition coefficient (Wildman–Crippen LogP) is 4.33. The molecule has 0 aliphatic carbocycles. The van der Waals surface area contributed by atoms with Gasteiger partial charge >= 0.3 is 5.97 Å². The van der Waals surface area contributed by atoms with Crippen LogP contribution in [0.2, 0.25) is 0 Å². The Morgan fingerprint density at radius 2 is 2.13 bits per heavy atom. The third kappa shape index (κ3) is 5.45. The van der Waals surface area contributed by atoms with Crippen molar-refractivity contribution < 1.29 is 24.2 Å². The van der Waals surface area contributed by atoms with Gasteiger partial charge in [0, 0.05) is 11.9 Å². The largest absolute Gasteiger partial charge is 0.490 e. The molecule has 1 aliphatic heterocycles. The van der Waals surface area contributed by atoms with E-state index in [0.717, 1.165) is 11.3 Å². The standard InChI is InChI=1S/C21H23N3O5S2/c1-5-24-18(25)17(31-21(24)23-20-22-12(3)11-30-20)10-14-7-8-15(16(9-14)28-6-2)29-13(4)19(26)27/h7-11,13H,5-6H2,1-4H3,(H,26,27)/b17-10+,23-21+. The van der Waals surface area contributed by atoms with Crippen LogP contribution < -0.4 is 9.47 Å². The Labute approximate surface area is 188 Å². The number of aromatic nitrogens is 1. The number of aliphatic carboxylic acids is 1. The number of thioether (sulfide) groups is 1. The molecule has 1 N–H and O–H groups in total. The normalized spacial score (nSPS) is 17.4. The van der Waals surface area contributed by atoms with Crippen molar-refractivity contribution in [3.8, 4) is 11.5 Å². The number of aryl methyl sites for hydroxylation is 1. The number of hydrogen-bond donors (Lipinski definition) is 1. The average molecular weight is 462 g/mol. The van der Waals surface area contributed by atoms with Gasteiger partial charge in [-0.2, -0.15) is 4.99 Å². The minimum Gasteiger partial charge on any atom is -0.490 e. The molecule has 3 rings (SSSR count). The molecule has 2 aromatic rings. The van der Waals surface area contributed by atoms with Gasteiger partial charge in [0.25, 0.3) is 5.91 Å². The predicted molar refractivity (Wildman–Crippen MR) is 122 cm³/mol. The first kappa shape index (κ1) is 22.8. The molecule has 1 saturated heterocycles. The molecule has 1 atom stereocenters. The third-order valence-corrected chi connectivity index (χ3v) is 6.08. The summed E-state index contributed by atoms with van der Waals surface area (Å²) < 4.78 is 11.1. The zero-order chi connectivity index (χ0) is 22.5. The van der Waals surface area contributed by atoms with Crippen LogP contribution in [0, 0.1) is 6.92 Å². The van der Waals surface area contributed by atoms with E-state index in [2.05, 4.69) is 9.98 Å². The first-order chi connectivity index (χ1) is 14.8. The molecule has 8 nitrogen and oxygen atoms in total. The van der Waals surface area contributed by atoms with E-state index in [1.807, 2.05) is 26.2 Å². The van der Waals surface area contributed by atoms with Crippen LogP contribution in [0.3, 0.4) is 0 Å². The van der Waals surface area contributed by atoms with Gasteiger partial charge in [0.05, 0.1) is 17.2 Å². The molecule has 10 heteroatoms. The highest BCUT2D eigenvalue weighted by Gasteiger charge is 2.32. The van der Waals surface area contributed by atoms with Crippen molar-refractivity contribution in [2.75, 3.05) is 13.2 Å². The van der Waals surface area contributed by atoms with Crippen LogP contribution in [0.4, 0.5) is 5.13 Å². The van der Waals surface area contributed by atoms with Gasteiger partial charge in [0.1, 0.15) is 0 Å². The second-order valence-corrected chi connectivity index (χ2v) is 8.41. The molecular formula is C21H23N3O5S2. The monoisotopic (exact) mass is 461 g/mol. The van der Waals surface area contributed by atoms with Crippen LogP contribution in [0.25, 0.3) is 6.08 Å². The van der Waals surface area contributed by atoms with Gasteiger partial charge in [-0.1, -0.05) is 6.07 Å². The molecule has 0 saturated carbocycles. The van der Waals surface area contributed by atoms with Crippen molar-refractivity contribution in [1.82, 2.24) is 9.88 Å². The van der Waals surface area contributed by atoms with E-state index < -0.39 is 12.1 Å². The fourth-order valence-corrected chi connectivity index (χ4v) is 4.48. The molecule has 0 spiro atoms. The SMILES string of the molecule is CCOc1cc(/C=C2/S/C(=N/c3nc(C)cs3)N(CC)C2=O)ccc1OC(C)C(=O)O. The van der Waals surface area contributed by atoms with Crippen molar-refractivity contribution in [2.45, 2.75) is 33.8 Å². The van der Waals surface area contributed by atoms with Crippen molar-refractivity contribution in [1.29, 1.82) is 0 Å². The number of amides is 1. The average Bonchev–Trinajstić information content (AvgIpc) is 3.26. The summed E-state index contributed by atoms with van der Waals surface area (Å²) in [7, 11) is 0. The number of carboxylic acids is 1. The van der Waals surface area contributed by atoms with E-state index in [0.29, 0.717) is 39.9 Å². The van der Waals surface area contributed by atoms with E-state index in [4.69, 9.17) is 14.6 Å². The Morgan fingerprint density at radius 3 is 2.74 bits per heavy atom. The van der Waals surface area contributed by atoms with Gasteiger partial charge in [0.2, 0.25) is 5.13 Å². The molecule has 1 unspecified atom stereocenters. The van der Waals surface area contributed by atoms with E-state index in [-0.39, 0.29) is 5.91 Å². The molecule has 1 amide bonds. The fourth-order valence-electron chi connectivity index (χ4n) is 2.72. The highest BCUT2D eigenvalue weighted by Crippen LogP contribution is 2.36. The molecule has 1 aliphatic rings. The van der Waals surface area contributed by atoms with Gasteiger partial charge in [-0.3, -0.25) is 9.69 Å². The molecule has 1 fully saturated rings. The van der Waals surface area contributed by atoms with Gasteiger partial charge in [-0.15, -0.1) is 11.3 Å². The van der Waals surface area contributed by atoms with E-state index >= 15 is 0 Å². The lowest BCUT2D eigenvalue weighted by atomic mass is 10.1. The summed E-state index contributed by atoms with van der Waals surface area (Å²) in [5.41, 5.74) is 1.62. The molecule has 31 heavy (non-hydrogen) atoms. The van der Waals surface area contributed by atoms with Crippen LogP contribution in [0.5, 0.6) is 11.5 Å². The number of hydrogen-bond acceptors (Lipinski definition) is 8. The summed E-state index contributed by atoms with van der Waals surface area (Å²) in [4.78, 5) is 35.0. The zero-order valence-electron chi connectivity index (χ0n) is 17.6. The Morgan fingerprint density at radius 1 is 1.35 bits per heavy atom. The lowest BCUT2D eigenvalue weighted by molar-refractivity contribution is -0.144. The highest BCUT2D eigenvalue weighted by molar-refractivity contribution is 8.18. The number of rotatable bonds is 8. The lowest BCUT2D eigenvalue weighted by Gasteiger charge is -2.15. The lowest BCUT2D eigenvalue weighted by Crippen LogP contribution is -2.28. The van der Waals surface area contributed by atoms with Gasteiger partial charge in [-0.05, 0) is 63.2 Å². The maximum atomic E-state index is 12.9. The molecule has 1 aromatic heterocycles. The molecular weight excluding hydrogens is 438 g/mol. The van der Waals surface area contributed by atoms with Crippen molar-refractivity contribution >= 4 is 51.4 Å². The number of aliphatic imine (C=N–C) groups is 1. The maximum absolute atomic E-state index is 12.9. The first-order valence-corrected chi connectivity index (χ1v) is 11.4. The summed E-state index contributed by atoms with van der Waals surface area (Å²) >= 11 is 2.72. The number of ether oxygens (including phenoxy) is 2.